The van der Waals surface area contributed by atoms with Crippen molar-refractivity contribution < 1.29 is 39.8 Å². The Balaban J connectivity index is 3.26. The van der Waals surface area contributed by atoms with Crippen LogP contribution in [0.4, 0.5) is 22.0 Å². The van der Waals surface area contributed by atoms with E-state index in [0.29, 0.717) is 18.2 Å². The highest BCUT2D eigenvalue weighted by Crippen LogP contribution is 2.35. The van der Waals surface area contributed by atoms with Crippen LogP contribution in [0.5, 0.6) is 11.5 Å². The van der Waals surface area contributed by atoms with Gasteiger partial charge in [-0.1, -0.05) is 0 Å². The highest BCUT2D eigenvalue weighted by Gasteiger charge is 2.33. The maximum absolute atomic E-state index is 12.0. The summed E-state index contributed by atoms with van der Waals surface area (Å²) in [5, 5.41) is 0. The molecule has 0 unspecified atom stereocenters. The van der Waals surface area contributed by atoms with E-state index in [4.69, 9.17) is 10.7 Å². The van der Waals surface area contributed by atoms with Crippen LogP contribution in [0.1, 0.15) is 0 Å². The van der Waals surface area contributed by atoms with E-state index in [1.165, 1.54) is 0 Å². The first-order chi connectivity index (χ1) is 8.49. The van der Waals surface area contributed by atoms with Gasteiger partial charge in [-0.2, -0.15) is 8.78 Å². The summed E-state index contributed by atoms with van der Waals surface area (Å²) in [6.07, 6.45) is -5.21. The molecule has 19 heavy (non-hydrogen) atoms. The van der Waals surface area contributed by atoms with E-state index in [2.05, 4.69) is 9.47 Å². The molecule has 4 nitrogen and oxygen atoms in total. The van der Waals surface area contributed by atoms with Crippen molar-refractivity contribution in [2.45, 2.75) is 17.9 Å². The van der Waals surface area contributed by atoms with Crippen molar-refractivity contribution in [3.63, 3.8) is 0 Å². The lowest BCUT2D eigenvalue weighted by Gasteiger charge is -2.14. The van der Waals surface area contributed by atoms with Crippen molar-refractivity contribution in [1.82, 2.24) is 0 Å². The Morgan fingerprint density at radius 2 is 1.74 bits per heavy atom. The number of benzene rings is 1. The van der Waals surface area contributed by atoms with Crippen molar-refractivity contribution >= 4 is 19.7 Å². The molecule has 1 aromatic rings. The second kappa shape index (κ2) is 5.37. The van der Waals surface area contributed by atoms with Crippen LogP contribution in [0.3, 0.4) is 0 Å². The first-order valence-corrected chi connectivity index (χ1v) is 6.59. The van der Waals surface area contributed by atoms with Crippen molar-refractivity contribution in [3.8, 4) is 11.5 Å². The summed E-state index contributed by atoms with van der Waals surface area (Å²) in [5.41, 5.74) is 0. The largest absolute Gasteiger partial charge is 0.573 e. The van der Waals surface area contributed by atoms with Gasteiger partial charge in [-0.15, -0.1) is 13.2 Å². The third-order valence-corrected chi connectivity index (χ3v) is 2.99. The topological polar surface area (TPSA) is 52.6 Å². The first kappa shape index (κ1) is 15.8. The molecule has 0 fully saturated rings. The summed E-state index contributed by atoms with van der Waals surface area (Å²) < 4.78 is 89.0. The van der Waals surface area contributed by atoms with Gasteiger partial charge in [-0.3, -0.25) is 0 Å². The average Bonchev–Trinajstić information content (AvgIpc) is 2.15. The van der Waals surface area contributed by atoms with E-state index in [9.17, 15) is 30.4 Å². The number of ether oxygens (including phenoxy) is 2. The lowest BCUT2D eigenvalue weighted by molar-refractivity contribution is -0.275. The molecule has 0 radical (unpaired) electrons. The fraction of sp³-hybridized carbons (Fsp3) is 0.250. The fourth-order valence-corrected chi connectivity index (χ4v) is 1.80. The van der Waals surface area contributed by atoms with Crippen LogP contribution in [0.25, 0.3) is 0 Å². The van der Waals surface area contributed by atoms with Gasteiger partial charge in [0.05, 0.1) is 4.90 Å². The number of alkyl halides is 5. The molecular weight excluding hydrogens is 323 g/mol. The molecule has 11 heteroatoms. The van der Waals surface area contributed by atoms with Crippen LogP contribution in [0.2, 0.25) is 0 Å². The van der Waals surface area contributed by atoms with Crippen molar-refractivity contribution in [3.05, 3.63) is 18.2 Å². The molecule has 0 heterocycles. The van der Waals surface area contributed by atoms with Crippen molar-refractivity contribution in [2.75, 3.05) is 0 Å². The first-order valence-electron chi connectivity index (χ1n) is 4.28. The van der Waals surface area contributed by atoms with Crippen LogP contribution < -0.4 is 9.47 Å². The molecule has 0 N–H and O–H groups in total. The second-order valence-electron chi connectivity index (χ2n) is 2.97. The highest BCUT2D eigenvalue weighted by atomic mass is 35.7. The number of halogens is 6. The zero-order valence-corrected chi connectivity index (χ0v) is 10.2. The van der Waals surface area contributed by atoms with E-state index >= 15 is 0 Å². The average molecular weight is 327 g/mol. The monoisotopic (exact) mass is 326 g/mol. The van der Waals surface area contributed by atoms with Crippen molar-refractivity contribution in [2.24, 2.45) is 0 Å². The molecule has 0 spiro atoms. The Bertz CT molecular complexity index is 557. The minimum Gasteiger partial charge on any atom is -0.431 e. The SMILES string of the molecule is O=S(=O)(Cl)c1ccc(OC(F)F)c(OC(F)(F)F)c1. The van der Waals surface area contributed by atoms with Gasteiger partial charge in [0.2, 0.25) is 0 Å². The second-order valence-corrected chi connectivity index (χ2v) is 5.54. The Morgan fingerprint density at radius 1 is 1.16 bits per heavy atom. The quantitative estimate of drug-likeness (QED) is 0.630. The third-order valence-electron chi connectivity index (χ3n) is 1.64. The van der Waals surface area contributed by atoms with Gasteiger partial charge in [0.25, 0.3) is 9.05 Å². The fourth-order valence-electron chi connectivity index (χ4n) is 1.04. The van der Waals surface area contributed by atoms with Crippen LogP contribution in [-0.4, -0.2) is 21.4 Å². The van der Waals surface area contributed by atoms with Gasteiger partial charge in [0, 0.05) is 16.7 Å². The molecule has 0 aliphatic heterocycles. The molecule has 0 saturated heterocycles. The Labute approximate surface area is 108 Å². The van der Waals surface area contributed by atoms with Gasteiger partial charge in [0.15, 0.2) is 11.5 Å². The molecule has 0 saturated carbocycles. The molecule has 0 aromatic heterocycles. The Morgan fingerprint density at radius 3 is 2.16 bits per heavy atom. The maximum Gasteiger partial charge on any atom is 0.573 e. The van der Waals surface area contributed by atoms with Gasteiger partial charge in [-0.25, -0.2) is 8.42 Å². The van der Waals surface area contributed by atoms with Crippen molar-refractivity contribution in [1.29, 1.82) is 0 Å². The standard InChI is InChI=1S/C8H4ClF5O4S/c9-19(15,16)4-1-2-5(17-7(10)11)6(3-4)18-8(12,13)14/h1-3,7H. The maximum atomic E-state index is 12.0. The summed E-state index contributed by atoms with van der Waals surface area (Å²) >= 11 is 0. The third kappa shape index (κ3) is 5.07. The van der Waals surface area contributed by atoms with Crippen LogP contribution >= 0.6 is 10.7 Å². The number of hydrogen-bond donors (Lipinski definition) is 0. The molecule has 1 rings (SSSR count). The summed E-state index contributed by atoms with van der Waals surface area (Å²) in [5.74, 6) is -2.22. The summed E-state index contributed by atoms with van der Waals surface area (Å²) in [6.45, 7) is -3.41. The summed E-state index contributed by atoms with van der Waals surface area (Å²) in [6, 6.07) is 1.60. The van der Waals surface area contributed by atoms with Gasteiger partial charge < -0.3 is 9.47 Å². The minimum atomic E-state index is -5.21. The minimum absolute atomic E-state index is 0.327. The molecular formula is C8H4ClF5O4S. The van der Waals surface area contributed by atoms with E-state index in [-0.39, 0.29) is 0 Å². The zero-order chi connectivity index (χ0) is 14.8. The van der Waals surface area contributed by atoms with E-state index in [1.807, 2.05) is 0 Å². The van der Waals surface area contributed by atoms with Gasteiger partial charge >= 0.3 is 13.0 Å². The molecule has 0 aliphatic carbocycles. The highest BCUT2D eigenvalue weighted by molar-refractivity contribution is 8.13. The Kier molecular flexibility index (Phi) is 4.46. The lowest BCUT2D eigenvalue weighted by atomic mass is 10.3. The van der Waals surface area contributed by atoms with E-state index in [1.54, 1.807) is 0 Å². The molecule has 0 amide bonds. The van der Waals surface area contributed by atoms with Crippen LogP contribution in [0.15, 0.2) is 23.1 Å². The van der Waals surface area contributed by atoms with Gasteiger partial charge in [0.1, 0.15) is 0 Å². The zero-order valence-electron chi connectivity index (χ0n) is 8.62. The van der Waals surface area contributed by atoms with Crippen LogP contribution in [-0.2, 0) is 9.05 Å². The van der Waals surface area contributed by atoms with E-state index < -0.39 is 38.4 Å². The Hall–Kier alpha value is -1.29. The molecule has 108 valence electrons. The predicted octanol–water partition coefficient (Wildman–Crippen LogP) is 3.11. The summed E-state index contributed by atoms with van der Waals surface area (Å²) in [4.78, 5) is -0.755. The number of rotatable bonds is 4. The van der Waals surface area contributed by atoms with E-state index in [0.717, 1.165) is 0 Å². The van der Waals surface area contributed by atoms with Crippen LogP contribution in [0, 0.1) is 0 Å². The predicted molar refractivity (Wildman–Crippen MR) is 52.8 cm³/mol. The normalized spacial score (nSPS) is 12.6. The molecule has 0 aliphatic rings. The lowest BCUT2D eigenvalue weighted by Crippen LogP contribution is -2.18. The molecule has 0 bridgehead atoms. The van der Waals surface area contributed by atoms with Gasteiger partial charge in [-0.05, 0) is 12.1 Å². The number of hydrogen-bond acceptors (Lipinski definition) is 4. The molecule has 1 aromatic carbocycles. The smallest absolute Gasteiger partial charge is 0.431 e. The molecule has 0 atom stereocenters. The summed E-state index contributed by atoms with van der Waals surface area (Å²) in [7, 11) is 0.562.